The van der Waals surface area contributed by atoms with Gasteiger partial charge in [0, 0.05) is 0 Å². The number of hydrogen-bond acceptors (Lipinski definition) is 4. The fraction of sp³-hybridized carbons (Fsp3) is 0.625. The summed E-state index contributed by atoms with van der Waals surface area (Å²) in [6.07, 6.45) is -0.668. The van der Waals surface area contributed by atoms with Crippen LogP contribution in [0.15, 0.2) is 0 Å². The van der Waals surface area contributed by atoms with Crippen molar-refractivity contribution in [1.29, 1.82) is 0 Å². The molecule has 0 amide bonds. The topological polar surface area (TPSA) is 52.6 Å². The molecule has 0 aromatic carbocycles. The molecule has 13 heavy (non-hydrogen) atoms. The lowest BCUT2D eigenvalue weighted by Gasteiger charge is -2.10. The largest absolute Gasteiger partial charge is 0.463 e. The summed E-state index contributed by atoms with van der Waals surface area (Å²) in [7, 11) is 0. The molecule has 0 saturated carbocycles. The monoisotopic (exact) mass is 191 g/mol. The van der Waals surface area contributed by atoms with E-state index in [4.69, 9.17) is 0 Å². The molecule has 0 aliphatic heterocycles. The highest BCUT2D eigenvalue weighted by Crippen LogP contribution is 1.99. The first-order chi connectivity index (χ1) is 6.06. The molecule has 1 atom stereocenters. The van der Waals surface area contributed by atoms with Crippen LogP contribution in [0, 0.1) is 6.92 Å². The first-order valence-electron chi connectivity index (χ1n) is 3.80. The molecule has 0 bridgehead atoms. The van der Waals surface area contributed by atoms with Crippen LogP contribution in [0.3, 0.4) is 0 Å². The minimum atomic E-state index is -0.713. The van der Waals surface area contributed by atoms with E-state index < -0.39 is 24.7 Å². The van der Waals surface area contributed by atoms with Gasteiger partial charge in [-0.15, -0.1) is 0 Å². The average Bonchev–Trinajstić information content (AvgIpc) is 1.98. The van der Waals surface area contributed by atoms with Gasteiger partial charge >= 0.3 is 11.9 Å². The maximum Gasteiger partial charge on any atom is 0.309 e. The van der Waals surface area contributed by atoms with Crippen LogP contribution < -0.4 is 0 Å². The van der Waals surface area contributed by atoms with Crippen molar-refractivity contribution in [2.75, 3.05) is 13.3 Å². The Kier molecular flexibility index (Phi) is 5.84. The minimum absolute atomic E-state index is 0.0821. The molecule has 1 unspecified atom stereocenters. The molecular weight excluding hydrogens is 179 g/mol. The Bertz CT molecular complexity index is 181. The van der Waals surface area contributed by atoms with Crippen molar-refractivity contribution in [2.24, 2.45) is 0 Å². The van der Waals surface area contributed by atoms with Crippen LogP contribution in [-0.4, -0.2) is 31.3 Å². The second-order valence-electron chi connectivity index (χ2n) is 2.41. The van der Waals surface area contributed by atoms with Gasteiger partial charge in [0.15, 0.2) is 0 Å². The molecule has 0 saturated heterocycles. The van der Waals surface area contributed by atoms with E-state index >= 15 is 0 Å². The molecule has 0 aliphatic rings. The molecule has 0 aromatic rings. The highest BCUT2D eigenvalue weighted by molar-refractivity contribution is 5.75. The van der Waals surface area contributed by atoms with Crippen LogP contribution in [0.1, 0.15) is 13.3 Å². The summed E-state index contributed by atoms with van der Waals surface area (Å²) in [6.45, 7) is 3.53. The Morgan fingerprint density at radius 3 is 2.62 bits per heavy atom. The Labute approximate surface area is 76.0 Å². The van der Waals surface area contributed by atoms with E-state index in [2.05, 4.69) is 16.4 Å². The van der Waals surface area contributed by atoms with Crippen LogP contribution in [0.25, 0.3) is 0 Å². The number of carbonyl (C=O) groups excluding carboxylic acids is 2. The molecule has 0 fully saturated rings. The quantitative estimate of drug-likeness (QED) is 0.599. The van der Waals surface area contributed by atoms with Gasteiger partial charge in [-0.1, -0.05) is 0 Å². The number of esters is 2. The predicted octanol–water partition coefficient (Wildman–Crippen LogP) is 0.655. The summed E-state index contributed by atoms with van der Waals surface area (Å²) in [5.41, 5.74) is 0. The van der Waals surface area contributed by atoms with Gasteiger partial charge in [0.2, 0.25) is 0 Å². The molecule has 0 spiro atoms. The van der Waals surface area contributed by atoms with Gasteiger partial charge in [-0.3, -0.25) is 9.59 Å². The smallest absolute Gasteiger partial charge is 0.309 e. The van der Waals surface area contributed by atoms with Crippen molar-refractivity contribution in [1.82, 2.24) is 0 Å². The van der Waals surface area contributed by atoms with Crippen molar-refractivity contribution < 1.29 is 23.5 Å². The molecular formula is C8H12FO4. The van der Waals surface area contributed by atoms with Gasteiger partial charge in [0.25, 0.3) is 0 Å². The standard InChI is InChI=1S/C8H12FO4/c1-6(13-7(2)10)5-8(11)12-4-3-9/h6H,2-5H2,1H3. The summed E-state index contributed by atoms with van der Waals surface area (Å²) < 4.78 is 20.5. The molecule has 5 heteroatoms. The van der Waals surface area contributed by atoms with Crippen molar-refractivity contribution in [3.63, 3.8) is 0 Å². The lowest BCUT2D eigenvalue weighted by Crippen LogP contribution is -2.19. The SMILES string of the molecule is [CH2]C(=O)OC(C)CC(=O)OCCF. The van der Waals surface area contributed by atoms with E-state index in [1.165, 1.54) is 6.92 Å². The summed E-state index contributed by atoms with van der Waals surface area (Å²) in [4.78, 5) is 21.1. The fourth-order valence-corrected chi connectivity index (χ4v) is 0.712. The van der Waals surface area contributed by atoms with Crippen LogP contribution in [0.5, 0.6) is 0 Å². The lowest BCUT2D eigenvalue weighted by atomic mass is 10.3. The average molecular weight is 191 g/mol. The van der Waals surface area contributed by atoms with Crippen LogP contribution >= 0.6 is 0 Å². The normalized spacial score (nSPS) is 11.9. The third-order valence-corrected chi connectivity index (χ3v) is 1.13. The summed E-state index contributed by atoms with van der Waals surface area (Å²) in [6, 6.07) is 0. The van der Waals surface area contributed by atoms with E-state index in [9.17, 15) is 14.0 Å². The summed E-state index contributed by atoms with van der Waals surface area (Å²) in [5, 5.41) is 0. The van der Waals surface area contributed by atoms with E-state index in [0.29, 0.717) is 0 Å². The Balaban J connectivity index is 3.59. The number of carbonyl (C=O) groups is 2. The van der Waals surface area contributed by atoms with E-state index in [-0.39, 0.29) is 13.0 Å². The van der Waals surface area contributed by atoms with Crippen molar-refractivity contribution in [2.45, 2.75) is 19.4 Å². The van der Waals surface area contributed by atoms with Crippen LogP contribution in [0.2, 0.25) is 0 Å². The Hall–Kier alpha value is -1.13. The van der Waals surface area contributed by atoms with Gasteiger partial charge in [-0.05, 0) is 6.92 Å². The number of rotatable bonds is 5. The lowest BCUT2D eigenvalue weighted by molar-refractivity contribution is -0.151. The second kappa shape index (κ2) is 6.39. The molecule has 0 rings (SSSR count). The van der Waals surface area contributed by atoms with Gasteiger partial charge in [-0.2, -0.15) is 0 Å². The molecule has 0 N–H and O–H groups in total. The maximum absolute atomic E-state index is 11.5. The number of hydrogen-bond donors (Lipinski definition) is 0. The third-order valence-electron chi connectivity index (χ3n) is 1.13. The van der Waals surface area contributed by atoms with Crippen molar-refractivity contribution >= 4 is 11.9 Å². The number of halogens is 1. The highest BCUT2D eigenvalue weighted by Gasteiger charge is 2.12. The summed E-state index contributed by atoms with van der Waals surface area (Å²) >= 11 is 0. The second-order valence-corrected chi connectivity index (χ2v) is 2.41. The number of ether oxygens (including phenoxy) is 2. The van der Waals surface area contributed by atoms with Gasteiger partial charge in [0.05, 0.1) is 13.3 Å². The zero-order chi connectivity index (χ0) is 10.3. The molecule has 0 heterocycles. The van der Waals surface area contributed by atoms with Gasteiger partial charge in [-0.25, -0.2) is 4.39 Å². The van der Waals surface area contributed by atoms with Crippen LogP contribution in [0.4, 0.5) is 4.39 Å². The van der Waals surface area contributed by atoms with Gasteiger partial charge < -0.3 is 9.47 Å². The van der Waals surface area contributed by atoms with E-state index in [0.717, 1.165) is 0 Å². The Morgan fingerprint density at radius 1 is 1.54 bits per heavy atom. The van der Waals surface area contributed by atoms with Gasteiger partial charge in [0.1, 0.15) is 19.4 Å². The highest BCUT2D eigenvalue weighted by atomic mass is 19.1. The number of alkyl halides is 1. The molecule has 4 nitrogen and oxygen atoms in total. The molecule has 0 aromatic heterocycles. The third kappa shape index (κ3) is 7.24. The first-order valence-corrected chi connectivity index (χ1v) is 3.80. The Morgan fingerprint density at radius 2 is 2.15 bits per heavy atom. The zero-order valence-electron chi connectivity index (χ0n) is 7.42. The first kappa shape index (κ1) is 11.9. The molecule has 75 valence electrons. The van der Waals surface area contributed by atoms with E-state index in [1.807, 2.05) is 0 Å². The molecule has 0 aliphatic carbocycles. The van der Waals surface area contributed by atoms with Crippen molar-refractivity contribution in [3.8, 4) is 0 Å². The van der Waals surface area contributed by atoms with Crippen molar-refractivity contribution in [3.05, 3.63) is 6.92 Å². The summed E-state index contributed by atoms with van der Waals surface area (Å²) in [5.74, 6) is -1.29. The fourth-order valence-electron chi connectivity index (χ4n) is 0.712. The maximum atomic E-state index is 11.5. The minimum Gasteiger partial charge on any atom is -0.463 e. The van der Waals surface area contributed by atoms with Crippen LogP contribution in [-0.2, 0) is 19.1 Å². The predicted molar refractivity (Wildman–Crippen MR) is 42.5 cm³/mol. The molecule has 1 radical (unpaired) electrons. The zero-order valence-corrected chi connectivity index (χ0v) is 7.42. The van der Waals surface area contributed by atoms with E-state index in [1.54, 1.807) is 0 Å².